The van der Waals surface area contributed by atoms with Gasteiger partial charge in [0.25, 0.3) is 5.91 Å². The number of aryl methyl sites for hydroxylation is 1. The molecule has 4 aliphatic rings. The van der Waals surface area contributed by atoms with Crippen LogP contribution in [0.4, 0.5) is 0 Å². The summed E-state index contributed by atoms with van der Waals surface area (Å²) < 4.78 is 8.32. The number of hydrogen-bond acceptors (Lipinski definition) is 4. The van der Waals surface area contributed by atoms with E-state index in [9.17, 15) is 4.79 Å². The van der Waals surface area contributed by atoms with Crippen LogP contribution in [0.1, 0.15) is 76.0 Å². The smallest absolute Gasteiger partial charge is 0.254 e. The molecule has 2 aliphatic carbocycles. The van der Waals surface area contributed by atoms with E-state index in [-0.39, 0.29) is 17.6 Å². The number of ether oxygens (including phenoxy) is 1. The van der Waals surface area contributed by atoms with Crippen LogP contribution in [-0.2, 0) is 22.6 Å². The number of amides is 1. The molecule has 1 aromatic rings. The maximum absolute atomic E-state index is 13.2. The zero-order valence-corrected chi connectivity index (χ0v) is 18.8. The van der Waals surface area contributed by atoms with Crippen molar-refractivity contribution in [2.45, 2.75) is 102 Å². The SMILES string of the molecule is CCn1ncc(CN2CCC(N3C(=O)C(OCC4CC4)C34CCCCC4)CC2)c1C. The number of β-lactam (4-membered cyclic amide) rings is 1. The first-order valence-corrected chi connectivity index (χ1v) is 12.3. The summed E-state index contributed by atoms with van der Waals surface area (Å²) in [5, 5.41) is 4.50. The topological polar surface area (TPSA) is 50.6 Å². The van der Waals surface area contributed by atoms with E-state index in [1.165, 1.54) is 43.4 Å². The maximum atomic E-state index is 13.2. The van der Waals surface area contributed by atoms with E-state index in [4.69, 9.17) is 4.74 Å². The predicted octanol–water partition coefficient (Wildman–Crippen LogP) is 3.52. The second-order valence-electron chi connectivity index (χ2n) is 10.1. The number of piperidine rings is 1. The van der Waals surface area contributed by atoms with Crippen LogP contribution in [0.15, 0.2) is 6.20 Å². The number of rotatable bonds is 7. The number of likely N-dealkylation sites (tertiary alicyclic amines) is 2. The highest BCUT2D eigenvalue weighted by atomic mass is 16.5. The van der Waals surface area contributed by atoms with E-state index in [0.717, 1.165) is 64.4 Å². The third kappa shape index (κ3) is 3.60. The summed E-state index contributed by atoms with van der Waals surface area (Å²) in [6, 6.07) is 0.395. The number of aromatic nitrogens is 2. The third-order valence-corrected chi connectivity index (χ3v) is 8.17. The minimum Gasteiger partial charge on any atom is -0.366 e. The van der Waals surface area contributed by atoms with Gasteiger partial charge in [-0.3, -0.25) is 14.4 Å². The molecule has 0 aromatic carbocycles. The summed E-state index contributed by atoms with van der Waals surface area (Å²) >= 11 is 0. The van der Waals surface area contributed by atoms with Crippen molar-refractivity contribution in [3.05, 3.63) is 17.5 Å². The van der Waals surface area contributed by atoms with Crippen LogP contribution in [0, 0.1) is 12.8 Å². The van der Waals surface area contributed by atoms with Crippen LogP contribution in [0.5, 0.6) is 0 Å². The molecule has 1 amide bonds. The van der Waals surface area contributed by atoms with Crippen LogP contribution >= 0.6 is 0 Å². The Bertz CT molecular complexity index is 757. The van der Waals surface area contributed by atoms with Gasteiger partial charge in [0.1, 0.15) is 0 Å². The first-order chi connectivity index (χ1) is 14.6. The van der Waals surface area contributed by atoms with Crippen molar-refractivity contribution in [3.63, 3.8) is 0 Å². The van der Waals surface area contributed by atoms with E-state index >= 15 is 0 Å². The average Bonchev–Trinajstić information content (AvgIpc) is 3.53. The van der Waals surface area contributed by atoms with Gasteiger partial charge in [-0.2, -0.15) is 5.10 Å². The Kier molecular flexibility index (Phi) is 5.65. The molecule has 30 heavy (non-hydrogen) atoms. The van der Waals surface area contributed by atoms with Crippen molar-refractivity contribution >= 4 is 5.91 Å². The molecule has 166 valence electrons. The van der Waals surface area contributed by atoms with Crippen molar-refractivity contribution in [1.29, 1.82) is 0 Å². The molecular weight excluding hydrogens is 376 g/mol. The Morgan fingerprint density at radius 2 is 1.87 bits per heavy atom. The molecule has 2 aliphatic heterocycles. The van der Waals surface area contributed by atoms with Gasteiger partial charge >= 0.3 is 0 Å². The highest BCUT2D eigenvalue weighted by molar-refractivity contribution is 5.90. The first kappa shape index (κ1) is 20.5. The van der Waals surface area contributed by atoms with Gasteiger partial charge in [-0.05, 0) is 58.3 Å². The highest BCUT2D eigenvalue weighted by Gasteiger charge is 2.62. The fourth-order valence-electron chi connectivity index (χ4n) is 6.13. The minimum atomic E-state index is -0.154. The molecule has 1 aromatic heterocycles. The normalized spacial score (nSPS) is 27.6. The van der Waals surface area contributed by atoms with Gasteiger partial charge in [-0.1, -0.05) is 19.3 Å². The average molecular weight is 415 g/mol. The summed E-state index contributed by atoms with van der Waals surface area (Å²) in [7, 11) is 0. The number of carbonyl (C=O) groups excluding carboxylic acids is 1. The van der Waals surface area contributed by atoms with Crippen LogP contribution in [0.2, 0.25) is 0 Å². The summed E-state index contributed by atoms with van der Waals surface area (Å²) in [5.41, 5.74) is 2.64. The Morgan fingerprint density at radius 1 is 1.13 bits per heavy atom. The lowest BCUT2D eigenvalue weighted by Gasteiger charge is -2.62. The molecule has 0 bridgehead atoms. The predicted molar refractivity (Wildman–Crippen MR) is 116 cm³/mol. The van der Waals surface area contributed by atoms with Crippen LogP contribution in [-0.4, -0.2) is 62.9 Å². The molecule has 6 heteroatoms. The van der Waals surface area contributed by atoms with Gasteiger partial charge in [0.15, 0.2) is 6.10 Å². The van der Waals surface area contributed by atoms with Gasteiger partial charge < -0.3 is 9.64 Å². The lowest BCUT2D eigenvalue weighted by Crippen LogP contribution is -2.78. The molecule has 1 unspecified atom stereocenters. The standard InChI is InChI=1S/C24H38N4O2/c1-3-27-18(2)20(15-25-27)16-26-13-9-21(10-14-26)28-23(29)22(30-17-19-7-8-19)24(28)11-5-4-6-12-24/h15,19,21-22H,3-14,16-17H2,1-2H3. The van der Waals surface area contributed by atoms with Gasteiger partial charge in [0, 0.05) is 43.5 Å². The summed E-state index contributed by atoms with van der Waals surface area (Å²) in [6.07, 6.45) is 12.7. The number of hydrogen-bond donors (Lipinski definition) is 0. The quantitative estimate of drug-likeness (QED) is 0.641. The lowest BCUT2D eigenvalue weighted by atomic mass is 9.68. The molecule has 4 fully saturated rings. The molecule has 0 N–H and O–H groups in total. The van der Waals surface area contributed by atoms with E-state index in [1.54, 1.807) is 0 Å². The second kappa shape index (κ2) is 8.27. The van der Waals surface area contributed by atoms with Crippen molar-refractivity contribution < 1.29 is 9.53 Å². The van der Waals surface area contributed by atoms with E-state index in [2.05, 4.69) is 33.4 Å². The highest BCUT2D eigenvalue weighted by Crippen LogP contribution is 2.48. The molecule has 1 atom stereocenters. The van der Waals surface area contributed by atoms with Gasteiger partial charge in [-0.15, -0.1) is 0 Å². The monoisotopic (exact) mass is 414 g/mol. The Morgan fingerprint density at radius 3 is 2.50 bits per heavy atom. The summed E-state index contributed by atoms with van der Waals surface area (Å²) in [4.78, 5) is 18.0. The van der Waals surface area contributed by atoms with Gasteiger partial charge in [-0.25, -0.2) is 0 Å². The maximum Gasteiger partial charge on any atom is 0.254 e. The van der Waals surface area contributed by atoms with Gasteiger partial charge in [0.2, 0.25) is 0 Å². The third-order valence-electron chi connectivity index (χ3n) is 8.17. The number of carbonyl (C=O) groups is 1. The molecule has 0 radical (unpaired) electrons. The van der Waals surface area contributed by atoms with Crippen LogP contribution < -0.4 is 0 Å². The molecular formula is C24H38N4O2. The molecule has 3 heterocycles. The van der Waals surface area contributed by atoms with Crippen molar-refractivity contribution in [2.75, 3.05) is 19.7 Å². The van der Waals surface area contributed by atoms with E-state index in [0.29, 0.717) is 6.04 Å². The zero-order valence-electron chi connectivity index (χ0n) is 18.8. The first-order valence-electron chi connectivity index (χ1n) is 12.3. The Balaban J connectivity index is 1.21. The molecule has 6 nitrogen and oxygen atoms in total. The second-order valence-corrected chi connectivity index (χ2v) is 10.1. The molecule has 5 rings (SSSR count). The van der Waals surface area contributed by atoms with Crippen molar-refractivity contribution in [1.82, 2.24) is 19.6 Å². The summed E-state index contributed by atoms with van der Waals surface area (Å²) in [6.45, 7) is 9.15. The van der Waals surface area contributed by atoms with Crippen molar-refractivity contribution in [3.8, 4) is 0 Å². The fourth-order valence-corrected chi connectivity index (χ4v) is 6.13. The van der Waals surface area contributed by atoms with E-state index < -0.39 is 0 Å². The minimum absolute atomic E-state index is 0.00983. The molecule has 1 spiro atoms. The van der Waals surface area contributed by atoms with Crippen molar-refractivity contribution in [2.24, 2.45) is 5.92 Å². The van der Waals surface area contributed by atoms with Gasteiger partial charge in [0.05, 0.1) is 18.3 Å². The lowest BCUT2D eigenvalue weighted by molar-refractivity contribution is -0.211. The molecule has 2 saturated heterocycles. The van der Waals surface area contributed by atoms with Crippen LogP contribution in [0.25, 0.3) is 0 Å². The zero-order chi connectivity index (χ0) is 20.7. The Hall–Kier alpha value is -1.40. The van der Waals surface area contributed by atoms with E-state index in [1.807, 2.05) is 6.20 Å². The number of nitrogens with zero attached hydrogens (tertiary/aromatic N) is 4. The summed E-state index contributed by atoms with van der Waals surface area (Å²) in [5.74, 6) is 1.01. The molecule has 2 saturated carbocycles. The van der Waals surface area contributed by atoms with Crippen LogP contribution in [0.3, 0.4) is 0 Å². The largest absolute Gasteiger partial charge is 0.366 e. The fraction of sp³-hybridized carbons (Fsp3) is 0.833. The Labute approximate surface area is 180 Å².